The molecule has 0 radical (unpaired) electrons. The zero-order valence-electron chi connectivity index (χ0n) is 20.0. The van der Waals surface area contributed by atoms with E-state index in [-0.39, 0.29) is 11.8 Å². The normalized spacial score (nSPS) is 18.7. The number of carbonyl (C=O) groups excluding carboxylic acids is 1. The lowest BCUT2D eigenvalue weighted by Gasteiger charge is -2.33. The van der Waals surface area contributed by atoms with Gasteiger partial charge in [0, 0.05) is 55.6 Å². The Morgan fingerprint density at radius 3 is 2.56 bits per heavy atom. The highest BCUT2D eigenvalue weighted by Crippen LogP contribution is 2.27. The van der Waals surface area contributed by atoms with Crippen LogP contribution in [0.3, 0.4) is 0 Å². The van der Waals surface area contributed by atoms with Crippen molar-refractivity contribution >= 4 is 11.9 Å². The zero-order chi connectivity index (χ0) is 23.3. The molecule has 3 aromatic rings. The molecule has 2 saturated heterocycles. The van der Waals surface area contributed by atoms with Crippen molar-refractivity contribution in [2.45, 2.75) is 51.4 Å². The van der Waals surface area contributed by atoms with Gasteiger partial charge in [0.15, 0.2) is 0 Å². The molecular formula is C28H33N5O. The number of pyridine rings is 1. The van der Waals surface area contributed by atoms with E-state index in [9.17, 15) is 4.79 Å². The van der Waals surface area contributed by atoms with Crippen molar-refractivity contribution in [3.05, 3.63) is 82.9 Å². The van der Waals surface area contributed by atoms with E-state index in [2.05, 4.69) is 52.3 Å². The Morgan fingerprint density at radius 1 is 0.912 bits per heavy atom. The minimum atomic E-state index is 0.00824. The molecule has 5 rings (SSSR count). The predicted molar refractivity (Wildman–Crippen MR) is 134 cm³/mol. The number of hydrogen-bond donors (Lipinski definition) is 0. The first kappa shape index (κ1) is 22.5. The highest BCUT2D eigenvalue weighted by Gasteiger charge is 2.28. The Kier molecular flexibility index (Phi) is 6.84. The van der Waals surface area contributed by atoms with E-state index in [4.69, 9.17) is 9.97 Å². The molecule has 2 aliphatic rings. The SMILES string of the molecule is Cc1cc(C(=O)N2CCC[C@H](c3cccc(Cc4ccccc4)n3)C2)nc(N2CCCCC2)n1. The van der Waals surface area contributed by atoms with Gasteiger partial charge in [-0.1, -0.05) is 36.4 Å². The highest BCUT2D eigenvalue weighted by atomic mass is 16.2. The second-order valence-corrected chi connectivity index (χ2v) is 9.55. The molecule has 0 saturated carbocycles. The Bertz CT molecular complexity index is 1130. The van der Waals surface area contributed by atoms with E-state index in [1.165, 1.54) is 12.0 Å². The summed E-state index contributed by atoms with van der Waals surface area (Å²) in [5, 5.41) is 0. The molecule has 6 nitrogen and oxygen atoms in total. The van der Waals surface area contributed by atoms with Gasteiger partial charge in [-0.25, -0.2) is 9.97 Å². The first-order valence-corrected chi connectivity index (χ1v) is 12.6. The van der Waals surface area contributed by atoms with Crippen LogP contribution in [0.1, 0.15) is 71.2 Å². The minimum absolute atomic E-state index is 0.00824. The minimum Gasteiger partial charge on any atom is -0.341 e. The molecule has 176 valence electrons. The quantitative estimate of drug-likeness (QED) is 0.554. The maximum absolute atomic E-state index is 13.5. The van der Waals surface area contributed by atoms with Crippen LogP contribution in [0.2, 0.25) is 0 Å². The number of piperidine rings is 2. The van der Waals surface area contributed by atoms with Crippen LogP contribution in [0.15, 0.2) is 54.6 Å². The number of hydrogen-bond acceptors (Lipinski definition) is 5. The summed E-state index contributed by atoms with van der Waals surface area (Å²) < 4.78 is 0. The fraction of sp³-hybridized carbons (Fsp3) is 0.429. The number of amides is 1. The van der Waals surface area contributed by atoms with E-state index in [0.29, 0.717) is 18.2 Å². The van der Waals surface area contributed by atoms with Crippen LogP contribution >= 0.6 is 0 Å². The Balaban J connectivity index is 1.30. The molecule has 1 amide bonds. The number of benzene rings is 1. The first-order valence-electron chi connectivity index (χ1n) is 12.6. The molecule has 0 spiro atoms. The molecule has 0 bridgehead atoms. The summed E-state index contributed by atoms with van der Waals surface area (Å²) in [5.41, 5.74) is 4.78. The van der Waals surface area contributed by atoms with Crippen molar-refractivity contribution in [1.29, 1.82) is 0 Å². The van der Waals surface area contributed by atoms with E-state index in [1.807, 2.05) is 24.0 Å². The van der Waals surface area contributed by atoms with Gasteiger partial charge in [-0.15, -0.1) is 0 Å². The maximum Gasteiger partial charge on any atom is 0.272 e. The van der Waals surface area contributed by atoms with Crippen molar-refractivity contribution in [3.63, 3.8) is 0 Å². The molecule has 6 heteroatoms. The van der Waals surface area contributed by atoms with Crippen molar-refractivity contribution in [3.8, 4) is 0 Å². The van der Waals surface area contributed by atoms with Gasteiger partial charge in [0.25, 0.3) is 5.91 Å². The summed E-state index contributed by atoms with van der Waals surface area (Å²) >= 11 is 0. The summed E-state index contributed by atoms with van der Waals surface area (Å²) in [6.45, 7) is 5.33. The number of likely N-dealkylation sites (tertiary alicyclic amines) is 1. The number of carbonyl (C=O) groups is 1. The van der Waals surface area contributed by atoms with Crippen LogP contribution in [-0.4, -0.2) is 51.9 Å². The van der Waals surface area contributed by atoms with E-state index in [0.717, 1.165) is 68.8 Å². The fourth-order valence-electron chi connectivity index (χ4n) is 5.09. The topological polar surface area (TPSA) is 62.2 Å². The number of aryl methyl sites for hydroxylation is 1. The van der Waals surface area contributed by atoms with Crippen LogP contribution in [0.4, 0.5) is 5.95 Å². The first-order chi connectivity index (χ1) is 16.7. The molecule has 0 unspecified atom stereocenters. The van der Waals surface area contributed by atoms with Gasteiger partial charge < -0.3 is 9.80 Å². The third-order valence-electron chi connectivity index (χ3n) is 6.88. The third kappa shape index (κ3) is 5.27. The predicted octanol–water partition coefficient (Wildman–Crippen LogP) is 4.78. The second kappa shape index (κ2) is 10.3. The van der Waals surface area contributed by atoms with Gasteiger partial charge in [-0.2, -0.15) is 0 Å². The van der Waals surface area contributed by atoms with Gasteiger partial charge in [-0.05, 0) is 62.8 Å². The lowest BCUT2D eigenvalue weighted by Crippen LogP contribution is -2.40. The molecule has 2 aromatic heterocycles. The van der Waals surface area contributed by atoms with E-state index >= 15 is 0 Å². The Morgan fingerprint density at radius 2 is 1.74 bits per heavy atom. The van der Waals surface area contributed by atoms with Gasteiger partial charge in [0.1, 0.15) is 5.69 Å². The zero-order valence-corrected chi connectivity index (χ0v) is 20.0. The van der Waals surface area contributed by atoms with Gasteiger partial charge in [-0.3, -0.25) is 9.78 Å². The summed E-state index contributed by atoms with van der Waals surface area (Å²) in [4.78, 5) is 31.9. The summed E-state index contributed by atoms with van der Waals surface area (Å²) in [7, 11) is 0. The molecule has 34 heavy (non-hydrogen) atoms. The molecule has 0 aliphatic carbocycles. The molecule has 1 atom stereocenters. The van der Waals surface area contributed by atoms with Crippen molar-refractivity contribution in [2.24, 2.45) is 0 Å². The number of anilines is 1. The Hall–Kier alpha value is -3.28. The smallest absolute Gasteiger partial charge is 0.272 e. The summed E-state index contributed by atoms with van der Waals surface area (Å²) in [6, 6.07) is 18.6. The van der Waals surface area contributed by atoms with E-state index < -0.39 is 0 Å². The molecule has 0 N–H and O–H groups in total. The molecule has 2 fully saturated rings. The monoisotopic (exact) mass is 455 g/mol. The average Bonchev–Trinajstić information content (AvgIpc) is 2.89. The van der Waals surface area contributed by atoms with Crippen molar-refractivity contribution in [1.82, 2.24) is 19.9 Å². The molecule has 4 heterocycles. The van der Waals surface area contributed by atoms with Crippen LogP contribution in [0, 0.1) is 6.92 Å². The Labute approximate surface area is 202 Å². The average molecular weight is 456 g/mol. The fourth-order valence-corrected chi connectivity index (χ4v) is 5.09. The number of aromatic nitrogens is 3. The van der Waals surface area contributed by atoms with E-state index in [1.54, 1.807) is 0 Å². The number of rotatable bonds is 5. The molecule has 2 aliphatic heterocycles. The largest absolute Gasteiger partial charge is 0.341 e. The highest BCUT2D eigenvalue weighted by molar-refractivity contribution is 5.92. The lowest BCUT2D eigenvalue weighted by molar-refractivity contribution is 0.0699. The van der Waals surface area contributed by atoms with Gasteiger partial charge in [0.2, 0.25) is 5.95 Å². The van der Waals surface area contributed by atoms with Crippen LogP contribution in [0.25, 0.3) is 0 Å². The lowest BCUT2D eigenvalue weighted by atomic mass is 9.93. The standard InChI is InChI=1S/C28H33N5O/c1-21-18-26(31-28(29-21)32-15-6-3-7-16-32)27(34)33-17-9-12-23(20-33)25-14-8-13-24(30-25)19-22-10-4-2-5-11-22/h2,4-5,8,10-11,13-14,18,23H,3,6-7,9,12,15-17,19-20H2,1H3/t23-/m0/s1. The van der Waals surface area contributed by atoms with Crippen LogP contribution in [-0.2, 0) is 6.42 Å². The van der Waals surface area contributed by atoms with Crippen LogP contribution < -0.4 is 4.90 Å². The van der Waals surface area contributed by atoms with Crippen LogP contribution in [0.5, 0.6) is 0 Å². The van der Waals surface area contributed by atoms with Crippen molar-refractivity contribution in [2.75, 3.05) is 31.1 Å². The van der Waals surface area contributed by atoms with Gasteiger partial charge in [0.05, 0.1) is 0 Å². The van der Waals surface area contributed by atoms with Crippen molar-refractivity contribution < 1.29 is 4.79 Å². The summed E-state index contributed by atoms with van der Waals surface area (Å²) in [6.07, 6.45) is 6.42. The maximum atomic E-state index is 13.5. The number of nitrogens with zero attached hydrogens (tertiary/aromatic N) is 5. The molecular weight excluding hydrogens is 422 g/mol. The van der Waals surface area contributed by atoms with Gasteiger partial charge >= 0.3 is 0 Å². The molecule has 1 aromatic carbocycles. The third-order valence-corrected chi connectivity index (χ3v) is 6.88. The second-order valence-electron chi connectivity index (χ2n) is 9.55. The summed E-state index contributed by atoms with van der Waals surface area (Å²) in [5.74, 6) is 0.957.